The number of amides is 1. The molecule has 1 aliphatic heterocycles. The van der Waals surface area contributed by atoms with Crippen LogP contribution in [0.3, 0.4) is 0 Å². The third-order valence-electron chi connectivity index (χ3n) is 4.65. The quantitative estimate of drug-likeness (QED) is 0.508. The van der Waals surface area contributed by atoms with Crippen molar-refractivity contribution in [2.24, 2.45) is 4.99 Å². The summed E-state index contributed by atoms with van der Waals surface area (Å²) in [7, 11) is 3.11. The summed E-state index contributed by atoms with van der Waals surface area (Å²) in [6, 6.07) is 18.0. The number of carbonyl (C=O) groups excluding carboxylic acids is 1. The first-order chi connectivity index (χ1) is 14.6. The lowest BCUT2D eigenvalue weighted by Crippen LogP contribution is -2.46. The van der Waals surface area contributed by atoms with Crippen molar-refractivity contribution in [3.63, 3.8) is 0 Å². The van der Waals surface area contributed by atoms with Gasteiger partial charge < -0.3 is 9.47 Å². The molecule has 2 aromatic carbocycles. The number of para-hydroxylation sites is 1. The summed E-state index contributed by atoms with van der Waals surface area (Å²) >= 11 is 6.57. The van der Waals surface area contributed by atoms with Crippen molar-refractivity contribution in [2.75, 3.05) is 25.8 Å². The molecule has 1 aliphatic rings. The van der Waals surface area contributed by atoms with Gasteiger partial charge in [-0.15, -0.1) is 24.8 Å². The molecule has 3 aromatic rings. The summed E-state index contributed by atoms with van der Waals surface area (Å²) < 4.78 is 12.3. The number of aromatic nitrogens is 1. The Morgan fingerprint density at radius 3 is 2.28 bits per heavy atom. The maximum Gasteiger partial charge on any atom is 0.282 e. The minimum Gasteiger partial charge on any atom is -0.493 e. The first-order valence-electron chi connectivity index (χ1n) is 9.18. The molecule has 0 saturated carbocycles. The third-order valence-corrected chi connectivity index (χ3v) is 4.92. The Kier molecular flexibility index (Phi) is 8.72. The summed E-state index contributed by atoms with van der Waals surface area (Å²) in [5.74, 6) is 1.20. The zero-order valence-electron chi connectivity index (χ0n) is 17.3. The van der Waals surface area contributed by atoms with E-state index in [9.17, 15) is 4.79 Å². The smallest absolute Gasteiger partial charge is 0.282 e. The Morgan fingerprint density at radius 2 is 1.66 bits per heavy atom. The highest BCUT2D eigenvalue weighted by Gasteiger charge is 2.29. The van der Waals surface area contributed by atoms with Gasteiger partial charge >= 0.3 is 0 Å². The number of methoxy groups -OCH3 is 2. The Bertz CT molecular complexity index is 1190. The Morgan fingerprint density at radius 1 is 1.00 bits per heavy atom. The second kappa shape index (κ2) is 11.0. The summed E-state index contributed by atoms with van der Waals surface area (Å²) in [5, 5.41) is 1.29. The van der Waals surface area contributed by atoms with Gasteiger partial charge in [-0.2, -0.15) is 0 Å². The minimum absolute atomic E-state index is 0. The predicted molar refractivity (Wildman–Crippen MR) is 128 cm³/mol. The molecule has 0 bridgehead atoms. The first-order valence-corrected chi connectivity index (χ1v) is 9.52. The van der Waals surface area contributed by atoms with E-state index in [1.807, 2.05) is 30.3 Å². The van der Waals surface area contributed by atoms with E-state index >= 15 is 0 Å². The van der Waals surface area contributed by atoms with Crippen molar-refractivity contribution in [3.8, 4) is 11.5 Å². The molecule has 0 radical (unpaired) electrons. The average molecular weight is 496 g/mol. The molecule has 0 saturated heterocycles. The van der Waals surface area contributed by atoms with Crippen molar-refractivity contribution >= 4 is 54.0 Å². The number of benzene rings is 2. The fourth-order valence-electron chi connectivity index (χ4n) is 3.26. The molecule has 32 heavy (non-hydrogen) atoms. The van der Waals surface area contributed by atoms with E-state index in [0.717, 1.165) is 0 Å². The molecular formula is C22H21Cl3N4O3. The van der Waals surface area contributed by atoms with Crippen LogP contribution < -0.4 is 24.9 Å². The monoisotopic (exact) mass is 494 g/mol. The van der Waals surface area contributed by atoms with Crippen LogP contribution in [-0.2, 0) is 0 Å². The Labute approximate surface area is 202 Å². The number of anilines is 1. The SMILES string of the molecule is COc1cc2c(cc1OC)=C(N(C(=O)c1ccccn1)c1ccccc1)N(Cl)CN=2.Cl.Cl. The first kappa shape index (κ1) is 25.3. The van der Waals surface area contributed by atoms with Gasteiger partial charge in [-0.3, -0.25) is 19.7 Å². The number of fused-ring (bicyclic) bond motifs is 1. The van der Waals surface area contributed by atoms with Crippen LogP contribution in [0.4, 0.5) is 5.69 Å². The Balaban J connectivity index is 0.00000181. The lowest BCUT2D eigenvalue weighted by molar-refractivity contribution is 0.0992. The Hall–Kier alpha value is -3.00. The van der Waals surface area contributed by atoms with Crippen LogP contribution in [0.2, 0.25) is 0 Å². The molecular weight excluding hydrogens is 475 g/mol. The number of ether oxygens (including phenoxy) is 2. The van der Waals surface area contributed by atoms with Gasteiger partial charge in [-0.25, -0.2) is 4.42 Å². The summed E-state index contributed by atoms with van der Waals surface area (Å²) in [6.45, 7) is 0.165. The van der Waals surface area contributed by atoms with Crippen LogP contribution in [0.1, 0.15) is 10.5 Å². The van der Waals surface area contributed by atoms with E-state index in [0.29, 0.717) is 39.3 Å². The third kappa shape index (κ3) is 4.75. The van der Waals surface area contributed by atoms with E-state index in [4.69, 9.17) is 21.3 Å². The fraction of sp³-hybridized carbons (Fsp3) is 0.136. The number of rotatable bonds is 5. The van der Waals surface area contributed by atoms with E-state index in [2.05, 4.69) is 9.98 Å². The standard InChI is InChI=1S/C22H19ClN4O3.2ClH/c1-29-19-12-16-18(13-20(19)30-2)25-14-26(23)21(16)27(15-8-4-3-5-9-15)22(28)17-10-6-7-11-24-17;;/h3-13H,14H2,1-2H3;2*1H. The molecule has 168 valence electrons. The maximum atomic E-state index is 13.5. The zero-order valence-corrected chi connectivity index (χ0v) is 19.7. The lowest BCUT2D eigenvalue weighted by Gasteiger charge is -2.31. The van der Waals surface area contributed by atoms with Crippen LogP contribution in [0.25, 0.3) is 5.82 Å². The number of hydrogen-bond acceptors (Lipinski definition) is 6. The van der Waals surface area contributed by atoms with Gasteiger partial charge in [0.1, 0.15) is 18.2 Å². The van der Waals surface area contributed by atoms with Gasteiger partial charge in [0.25, 0.3) is 5.91 Å². The van der Waals surface area contributed by atoms with Gasteiger partial charge in [-0.05, 0) is 30.3 Å². The molecule has 0 aliphatic carbocycles. The number of hydrogen-bond donors (Lipinski definition) is 0. The van der Waals surface area contributed by atoms with Crippen LogP contribution in [0.5, 0.6) is 11.5 Å². The van der Waals surface area contributed by atoms with E-state index in [-0.39, 0.29) is 37.4 Å². The highest BCUT2D eigenvalue weighted by atomic mass is 35.5. The number of carbonyl (C=O) groups is 1. The highest BCUT2D eigenvalue weighted by molar-refractivity contribution is 6.20. The molecule has 0 N–H and O–H groups in total. The van der Waals surface area contributed by atoms with Crippen molar-refractivity contribution in [1.82, 2.24) is 9.40 Å². The molecule has 1 aromatic heterocycles. The van der Waals surface area contributed by atoms with Crippen LogP contribution in [-0.4, -0.2) is 36.2 Å². The normalized spacial score (nSPS) is 11.8. The molecule has 2 heterocycles. The number of nitrogens with zero attached hydrogens (tertiary/aromatic N) is 4. The second-order valence-corrected chi connectivity index (χ2v) is 6.81. The molecule has 0 atom stereocenters. The van der Waals surface area contributed by atoms with Crippen molar-refractivity contribution in [2.45, 2.75) is 0 Å². The average Bonchev–Trinajstić information content (AvgIpc) is 2.81. The molecule has 7 nitrogen and oxygen atoms in total. The maximum absolute atomic E-state index is 13.5. The fourth-order valence-corrected chi connectivity index (χ4v) is 3.48. The summed E-state index contributed by atoms with van der Waals surface area (Å²) in [6.07, 6.45) is 1.58. The largest absolute Gasteiger partial charge is 0.493 e. The molecule has 4 rings (SSSR count). The van der Waals surface area contributed by atoms with Crippen molar-refractivity contribution in [1.29, 1.82) is 0 Å². The topological polar surface area (TPSA) is 67.3 Å². The van der Waals surface area contributed by atoms with Crippen LogP contribution >= 0.6 is 36.6 Å². The molecule has 1 amide bonds. The lowest BCUT2D eigenvalue weighted by atomic mass is 10.2. The molecule has 0 fully saturated rings. The van der Waals surface area contributed by atoms with E-state index < -0.39 is 0 Å². The molecule has 0 unspecified atom stereocenters. The van der Waals surface area contributed by atoms with Gasteiger partial charge in [0.05, 0.1) is 25.3 Å². The molecule has 0 spiro atoms. The van der Waals surface area contributed by atoms with Gasteiger partial charge in [-0.1, -0.05) is 24.3 Å². The van der Waals surface area contributed by atoms with Gasteiger partial charge in [0, 0.05) is 29.3 Å². The minimum atomic E-state index is -0.315. The predicted octanol–water partition coefficient (Wildman–Crippen LogP) is 3.40. The van der Waals surface area contributed by atoms with Gasteiger partial charge in [0.2, 0.25) is 0 Å². The zero-order chi connectivity index (χ0) is 21.1. The van der Waals surface area contributed by atoms with Crippen LogP contribution in [0.15, 0.2) is 71.9 Å². The highest BCUT2D eigenvalue weighted by Crippen LogP contribution is 2.28. The van der Waals surface area contributed by atoms with Crippen LogP contribution in [0, 0.1) is 0 Å². The summed E-state index contributed by atoms with van der Waals surface area (Å²) in [4.78, 5) is 23.8. The molecule has 10 heteroatoms. The van der Waals surface area contributed by atoms with E-state index in [1.165, 1.54) is 9.32 Å². The van der Waals surface area contributed by atoms with Gasteiger partial charge in [0.15, 0.2) is 11.5 Å². The van der Waals surface area contributed by atoms with E-state index in [1.54, 1.807) is 50.7 Å². The number of pyridine rings is 1. The number of halogens is 3. The summed E-state index contributed by atoms with van der Waals surface area (Å²) in [5.41, 5.74) is 0.944. The van der Waals surface area contributed by atoms with Crippen molar-refractivity contribution < 1.29 is 14.3 Å². The second-order valence-electron chi connectivity index (χ2n) is 6.40. The van der Waals surface area contributed by atoms with Crippen molar-refractivity contribution in [3.05, 3.63) is 83.1 Å².